The maximum Gasteiger partial charge on any atom is 0.136 e. The summed E-state index contributed by atoms with van der Waals surface area (Å²) in [7, 11) is 0. The third kappa shape index (κ3) is 1.96. The fourth-order valence-electron chi connectivity index (χ4n) is 0.810. The van der Waals surface area contributed by atoms with Crippen molar-refractivity contribution >= 4 is 38.5 Å². The van der Waals surface area contributed by atoms with Crippen LogP contribution in [0.4, 0.5) is 4.39 Å². The van der Waals surface area contributed by atoms with Crippen LogP contribution in [0.25, 0.3) is 0 Å². The average Bonchev–Trinajstić information content (AvgIpc) is 2.06. The zero-order valence-electron chi connectivity index (χ0n) is 5.94. The lowest BCUT2D eigenvalue weighted by Crippen LogP contribution is -1.92. The second-order valence-corrected chi connectivity index (χ2v) is 4.09. The maximum atomic E-state index is 12.9. The summed E-state index contributed by atoms with van der Waals surface area (Å²) in [6.45, 7) is 0. The molecular formula is C8H4BrFIN. The van der Waals surface area contributed by atoms with Gasteiger partial charge in [0.2, 0.25) is 0 Å². The first kappa shape index (κ1) is 9.93. The molecule has 0 saturated carbocycles. The van der Waals surface area contributed by atoms with E-state index in [0.717, 1.165) is 10.0 Å². The molecule has 1 nitrogen and oxygen atoms in total. The summed E-state index contributed by atoms with van der Waals surface area (Å²) >= 11 is 5.16. The van der Waals surface area contributed by atoms with Crippen molar-refractivity contribution in [2.45, 2.75) is 6.42 Å². The highest BCUT2D eigenvalue weighted by Gasteiger charge is 2.08. The molecule has 0 aliphatic heterocycles. The van der Waals surface area contributed by atoms with Gasteiger partial charge in [-0.2, -0.15) is 5.26 Å². The molecule has 0 heterocycles. The van der Waals surface area contributed by atoms with Gasteiger partial charge >= 0.3 is 0 Å². The molecule has 0 amide bonds. The van der Waals surface area contributed by atoms with Crippen LogP contribution in [-0.4, -0.2) is 0 Å². The second-order valence-electron chi connectivity index (χ2n) is 2.16. The summed E-state index contributed by atoms with van der Waals surface area (Å²) in [5, 5.41) is 8.46. The predicted octanol–water partition coefficient (Wildman–Crippen LogP) is 3.26. The Hall–Kier alpha value is -0.150. The SMILES string of the molecule is N#CCc1c(Br)ccc(F)c1I. The highest BCUT2D eigenvalue weighted by molar-refractivity contribution is 14.1. The molecule has 0 fully saturated rings. The number of rotatable bonds is 1. The molecule has 4 heteroatoms. The smallest absolute Gasteiger partial charge is 0.136 e. The van der Waals surface area contributed by atoms with Gasteiger partial charge in [0.25, 0.3) is 0 Å². The minimum absolute atomic E-state index is 0.233. The highest BCUT2D eigenvalue weighted by Crippen LogP contribution is 2.24. The van der Waals surface area contributed by atoms with Crippen LogP contribution in [0.5, 0.6) is 0 Å². The minimum Gasteiger partial charge on any atom is -0.206 e. The van der Waals surface area contributed by atoms with Crippen LogP contribution in [0.1, 0.15) is 5.56 Å². The maximum absolute atomic E-state index is 12.9. The van der Waals surface area contributed by atoms with Crippen LogP contribution in [0.3, 0.4) is 0 Å². The van der Waals surface area contributed by atoms with Gasteiger partial charge in [-0.3, -0.25) is 0 Å². The van der Waals surface area contributed by atoms with Gasteiger partial charge in [0, 0.05) is 4.47 Å². The van der Waals surface area contributed by atoms with Crippen LogP contribution in [0, 0.1) is 20.7 Å². The van der Waals surface area contributed by atoms with E-state index in [-0.39, 0.29) is 12.2 Å². The summed E-state index contributed by atoms with van der Waals surface area (Å²) in [6, 6.07) is 4.99. The van der Waals surface area contributed by atoms with Crippen molar-refractivity contribution < 1.29 is 4.39 Å². The minimum atomic E-state index is -0.274. The quantitative estimate of drug-likeness (QED) is 0.569. The fourth-order valence-corrected chi connectivity index (χ4v) is 2.31. The first-order valence-electron chi connectivity index (χ1n) is 3.16. The highest BCUT2D eigenvalue weighted by atomic mass is 127. The van der Waals surface area contributed by atoms with Crippen LogP contribution in [0.2, 0.25) is 0 Å². The lowest BCUT2D eigenvalue weighted by Gasteiger charge is -2.03. The number of hydrogen-bond acceptors (Lipinski definition) is 1. The van der Waals surface area contributed by atoms with E-state index in [2.05, 4.69) is 15.9 Å². The van der Waals surface area contributed by atoms with Crippen LogP contribution >= 0.6 is 38.5 Å². The van der Waals surface area contributed by atoms with Gasteiger partial charge in [-0.1, -0.05) is 15.9 Å². The molecule has 0 aromatic heterocycles. The summed E-state index contributed by atoms with van der Waals surface area (Å²) in [5.74, 6) is -0.274. The summed E-state index contributed by atoms with van der Waals surface area (Å²) in [5.41, 5.74) is 0.720. The lowest BCUT2D eigenvalue weighted by atomic mass is 10.2. The number of nitrogens with zero attached hydrogens (tertiary/aromatic N) is 1. The van der Waals surface area contributed by atoms with Crippen molar-refractivity contribution in [2.24, 2.45) is 0 Å². The number of halogens is 3. The first-order chi connectivity index (χ1) is 5.66. The Bertz CT molecular complexity index is 346. The Morgan fingerprint density at radius 3 is 2.83 bits per heavy atom. The van der Waals surface area contributed by atoms with Crippen molar-refractivity contribution in [1.29, 1.82) is 5.26 Å². The third-order valence-electron chi connectivity index (χ3n) is 1.39. The van der Waals surface area contributed by atoms with Crippen molar-refractivity contribution in [3.8, 4) is 6.07 Å². The molecular weight excluding hydrogens is 336 g/mol. The van der Waals surface area contributed by atoms with Gasteiger partial charge < -0.3 is 0 Å². The number of benzene rings is 1. The van der Waals surface area contributed by atoms with Crippen molar-refractivity contribution in [3.05, 3.63) is 31.6 Å². The van der Waals surface area contributed by atoms with Gasteiger partial charge in [-0.25, -0.2) is 4.39 Å². The molecule has 0 bridgehead atoms. The molecule has 0 radical (unpaired) electrons. The van der Waals surface area contributed by atoms with E-state index in [4.69, 9.17) is 5.26 Å². The van der Waals surface area contributed by atoms with E-state index in [9.17, 15) is 4.39 Å². The zero-order valence-corrected chi connectivity index (χ0v) is 9.69. The number of nitriles is 1. The van der Waals surface area contributed by atoms with Gasteiger partial charge in [-0.15, -0.1) is 0 Å². The Balaban J connectivity index is 3.25. The van der Waals surface area contributed by atoms with Crippen LogP contribution < -0.4 is 0 Å². The van der Waals surface area contributed by atoms with E-state index in [1.54, 1.807) is 6.07 Å². The molecule has 0 aliphatic rings. The molecule has 0 unspecified atom stereocenters. The summed E-state index contributed by atoms with van der Waals surface area (Å²) in [6.07, 6.45) is 0.233. The Morgan fingerprint density at radius 2 is 2.25 bits per heavy atom. The molecule has 1 aromatic rings. The summed E-state index contributed by atoms with van der Waals surface area (Å²) in [4.78, 5) is 0. The van der Waals surface area contributed by atoms with E-state index < -0.39 is 0 Å². The molecule has 62 valence electrons. The van der Waals surface area contributed by atoms with E-state index >= 15 is 0 Å². The van der Waals surface area contributed by atoms with Gasteiger partial charge in [0.05, 0.1) is 16.1 Å². The van der Waals surface area contributed by atoms with Crippen molar-refractivity contribution in [1.82, 2.24) is 0 Å². The second kappa shape index (κ2) is 4.19. The lowest BCUT2D eigenvalue weighted by molar-refractivity contribution is 0.617. The first-order valence-corrected chi connectivity index (χ1v) is 5.03. The van der Waals surface area contributed by atoms with E-state index in [1.165, 1.54) is 6.07 Å². The Morgan fingerprint density at radius 1 is 1.58 bits per heavy atom. The monoisotopic (exact) mass is 339 g/mol. The number of hydrogen-bond donors (Lipinski definition) is 0. The van der Waals surface area contributed by atoms with Crippen molar-refractivity contribution in [2.75, 3.05) is 0 Å². The van der Waals surface area contributed by atoms with Crippen LogP contribution in [-0.2, 0) is 6.42 Å². The topological polar surface area (TPSA) is 23.8 Å². The molecule has 0 aliphatic carbocycles. The van der Waals surface area contributed by atoms with Crippen LogP contribution in [0.15, 0.2) is 16.6 Å². The molecule has 1 aromatic carbocycles. The molecule has 0 atom stereocenters. The standard InChI is InChI=1S/C8H4BrFIN/c9-6-1-2-7(10)8(11)5(6)3-4-12/h1-2H,3H2. The van der Waals surface area contributed by atoms with E-state index in [0.29, 0.717) is 3.57 Å². The normalized spacial score (nSPS) is 9.50. The molecule has 0 spiro atoms. The zero-order chi connectivity index (χ0) is 9.14. The molecule has 0 N–H and O–H groups in total. The van der Waals surface area contributed by atoms with Gasteiger partial charge in [0.1, 0.15) is 5.82 Å². The third-order valence-corrected chi connectivity index (χ3v) is 3.30. The summed E-state index contributed by atoms with van der Waals surface area (Å²) < 4.78 is 14.2. The Labute approximate surface area is 91.8 Å². The Kier molecular flexibility index (Phi) is 3.47. The molecule has 12 heavy (non-hydrogen) atoms. The fraction of sp³-hybridized carbons (Fsp3) is 0.125. The average molecular weight is 340 g/mol. The van der Waals surface area contributed by atoms with Gasteiger partial charge in [-0.05, 0) is 40.3 Å². The van der Waals surface area contributed by atoms with Crippen molar-refractivity contribution in [3.63, 3.8) is 0 Å². The van der Waals surface area contributed by atoms with Gasteiger partial charge in [0.15, 0.2) is 0 Å². The molecule has 1 rings (SSSR count). The predicted molar refractivity (Wildman–Crippen MR) is 56.1 cm³/mol. The van der Waals surface area contributed by atoms with E-state index in [1.807, 2.05) is 28.7 Å². The molecule has 0 saturated heterocycles. The largest absolute Gasteiger partial charge is 0.206 e.